The summed E-state index contributed by atoms with van der Waals surface area (Å²) in [6.07, 6.45) is -0.443. The third kappa shape index (κ3) is 4.07. The number of benzene rings is 1. The molecule has 0 radical (unpaired) electrons. The predicted octanol–water partition coefficient (Wildman–Crippen LogP) is 1.62. The van der Waals surface area contributed by atoms with Gasteiger partial charge in [-0.1, -0.05) is 12.1 Å². The minimum atomic E-state index is -0.462. The number of carbonyl (C=O) groups is 3. The average molecular weight is 482 g/mol. The third-order valence-corrected chi connectivity index (χ3v) is 6.51. The van der Waals surface area contributed by atoms with Gasteiger partial charge in [0.15, 0.2) is 5.78 Å². The number of hydrazine groups is 1. The van der Waals surface area contributed by atoms with Crippen molar-refractivity contribution >= 4 is 34.7 Å². The number of urea groups is 1. The Bertz CT molecular complexity index is 1280. The Labute approximate surface area is 198 Å². The first-order chi connectivity index (χ1) is 16.4. The lowest BCUT2D eigenvalue weighted by Crippen LogP contribution is -2.50. The van der Waals surface area contributed by atoms with Gasteiger partial charge in [-0.05, 0) is 18.2 Å². The standard InChI is InChI=1S/C22H23N7O4S/c1-29(2)28-21(31)14-7-6-13(34-14)19-17-18(26-27-19)11-4-3-5-12(16(11)20(17)30)24-22(32)25-15-10-23-8-9-33-15/h3-7,15,23H,8-10H2,1-2H3,(H,26,27)(H,28,31)(H2,24,25,32). The largest absolute Gasteiger partial charge is 0.356 e. The van der Waals surface area contributed by atoms with E-state index in [1.54, 1.807) is 49.4 Å². The fourth-order valence-electron chi connectivity index (χ4n) is 3.97. The summed E-state index contributed by atoms with van der Waals surface area (Å²) in [5.74, 6) is -0.477. The molecule has 1 fully saturated rings. The molecular weight excluding hydrogens is 458 g/mol. The van der Waals surface area contributed by atoms with Crippen molar-refractivity contribution in [3.05, 3.63) is 46.3 Å². The lowest BCUT2D eigenvalue weighted by atomic mass is 10.1. The summed E-state index contributed by atoms with van der Waals surface area (Å²) in [5.41, 5.74) is 5.60. The normalized spacial score (nSPS) is 16.8. The summed E-state index contributed by atoms with van der Waals surface area (Å²) in [4.78, 5) is 39.5. The summed E-state index contributed by atoms with van der Waals surface area (Å²) in [5, 5.41) is 17.5. The molecule has 34 heavy (non-hydrogen) atoms. The number of hydrogen-bond acceptors (Lipinski definition) is 8. The van der Waals surface area contributed by atoms with Crippen molar-refractivity contribution in [2.45, 2.75) is 6.23 Å². The molecule has 2 aromatic heterocycles. The number of nitrogens with zero attached hydrogens (tertiary/aromatic N) is 2. The SMILES string of the molecule is CN(C)NC(=O)c1ccc(-c2[nH]nc3c2C(=O)c2c(NC(=O)NC4CNCCO4)cccc2-3)s1. The molecule has 1 atom stereocenters. The van der Waals surface area contributed by atoms with Crippen LogP contribution in [0.2, 0.25) is 0 Å². The summed E-state index contributed by atoms with van der Waals surface area (Å²) < 4.78 is 5.50. The first kappa shape index (κ1) is 22.2. The van der Waals surface area contributed by atoms with Crippen LogP contribution >= 0.6 is 11.3 Å². The van der Waals surface area contributed by atoms with Crippen molar-refractivity contribution in [2.75, 3.05) is 39.1 Å². The van der Waals surface area contributed by atoms with Gasteiger partial charge < -0.3 is 20.7 Å². The third-order valence-electron chi connectivity index (χ3n) is 5.41. The predicted molar refractivity (Wildman–Crippen MR) is 127 cm³/mol. The fraction of sp³-hybridized carbons (Fsp3) is 0.273. The minimum absolute atomic E-state index is 0.235. The van der Waals surface area contributed by atoms with Gasteiger partial charge in [-0.25, -0.2) is 9.80 Å². The number of thiophene rings is 1. The molecule has 3 aromatic rings. The zero-order valence-electron chi connectivity index (χ0n) is 18.5. The number of aromatic amines is 1. The van der Waals surface area contributed by atoms with E-state index in [2.05, 4.69) is 31.6 Å². The van der Waals surface area contributed by atoms with Crippen LogP contribution in [0.4, 0.5) is 10.5 Å². The smallest absolute Gasteiger partial charge is 0.321 e. The number of rotatable bonds is 5. The summed E-state index contributed by atoms with van der Waals surface area (Å²) in [6, 6.07) is 8.27. The summed E-state index contributed by atoms with van der Waals surface area (Å²) >= 11 is 1.26. The lowest BCUT2D eigenvalue weighted by Gasteiger charge is -2.24. The number of hydrogen-bond donors (Lipinski definition) is 5. The summed E-state index contributed by atoms with van der Waals surface area (Å²) in [6.45, 7) is 1.75. The van der Waals surface area contributed by atoms with Crippen molar-refractivity contribution in [1.29, 1.82) is 0 Å². The zero-order chi connectivity index (χ0) is 23.8. The van der Waals surface area contributed by atoms with Gasteiger partial charge in [-0.2, -0.15) is 5.10 Å². The Morgan fingerprint density at radius 2 is 2.06 bits per heavy atom. The van der Waals surface area contributed by atoms with Crippen molar-refractivity contribution in [3.63, 3.8) is 0 Å². The molecule has 5 rings (SSSR count). The molecule has 0 spiro atoms. The van der Waals surface area contributed by atoms with Gasteiger partial charge in [-0.3, -0.25) is 20.1 Å². The molecule has 0 saturated carbocycles. The number of H-pyrrole nitrogens is 1. The van der Waals surface area contributed by atoms with Crippen LogP contribution in [-0.4, -0.2) is 72.9 Å². The average Bonchev–Trinajstić information content (AvgIpc) is 3.51. The molecule has 1 unspecified atom stereocenters. The van der Waals surface area contributed by atoms with Gasteiger partial charge in [-0.15, -0.1) is 11.3 Å². The quantitative estimate of drug-likeness (QED) is 0.273. The molecule has 1 aliphatic heterocycles. The Morgan fingerprint density at radius 1 is 1.21 bits per heavy atom. The first-order valence-corrected chi connectivity index (χ1v) is 11.5. The molecule has 2 aliphatic rings. The van der Waals surface area contributed by atoms with E-state index in [-0.39, 0.29) is 11.7 Å². The van der Waals surface area contributed by atoms with Gasteiger partial charge >= 0.3 is 6.03 Å². The Balaban J connectivity index is 1.40. The van der Waals surface area contributed by atoms with Crippen LogP contribution in [-0.2, 0) is 4.74 Å². The van der Waals surface area contributed by atoms with Crippen molar-refractivity contribution in [2.24, 2.45) is 0 Å². The minimum Gasteiger partial charge on any atom is -0.356 e. The van der Waals surface area contributed by atoms with Crippen LogP contribution in [0.5, 0.6) is 0 Å². The molecule has 1 saturated heterocycles. The zero-order valence-corrected chi connectivity index (χ0v) is 19.3. The van der Waals surface area contributed by atoms with Crippen LogP contribution in [0.15, 0.2) is 30.3 Å². The number of fused-ring (bicyclic) bond motifs is 3. The molecule has 3 amide bonds. The van der Waals surface area contributed by atoms with Crippen molar-refractivity contribution in [1.82, 2.24) is 31.3 Å². The van der Waals surface area contributed by atoms with Crippen LogP contribution in [0, 0.1) is 0 Å². The maximum atomic E-state index is 13.5. The number of aromatic nitrogens is 2. The maximum Gasteiger partial charge on any atom is 0.321 e. The number of amides is 3. The number of ether oxygens (including phenoxy) is 1. The molecule has 1 aliphatic carbocycles. The monoisotopic (exact) mass is 481 g/mol. The molecule has 11 nitrogen and oxygen atoms in total. The highest BCUT2D eigenvalue weighted by atomic mass is 32.1. The molecular formula is C22H23N7O4S. The fourth-order valence-corrected chi connectivity index (χ4v) is 4.87. The van der Waals surface area contributed by atoms with Gasteiger partial charge in [0.2, 0.25) is 0 Å². The van der Waals surface area contributed by atoms with E-state index in [0.29, 0.717) is 56.7 Å². The van der Waals surface area contributed by atoms with Crippen molar-refractivity contribution in [3.8, 4) is 21.8 Å². The molecule has 5 N–H and O–H groups in total. The first-order valence-electron chi connectivity index (χ1n) is 10.7. The van der Waals surface area contributed by atoms with E-state index >= 15 is 0 Å². The van der Waals surface area contributed by atoms with E-state index in [9.17, 15) is 14.4 Å². The number of carbonyl (C=O) groups excluding carboxylic acids is 3. The molecule has 1 aromatic carbocycles. The van der Waals surface area contributed by atoms with Crippen LogP contribution in [0.3, 0.4) is 0 Å². The second kappa shape index (κ2) is 8.99. The molecule has 12 heteroatoms. The number of nitrogens with one attached hydrogen (secondary N) is 5. The van der Waals surface area contributed by atoms with E-state index in [0.717, 1.165) is 6.54 Å². The van der Waals surface area contributed by atoms with Crippen molar-refractivity contribution < 1.29 is 19.1 Å². The highest BCUT2D eigenvalue weighted by Crippen LogP contribution is 2.44. The van der Waals surface area contributed by atoms with E-state index in [1.165, 1.54) is 11.3 Å². The Hall–Kier alpha value is -3.58. The van der Waals surface area contributed by atoms with Crippen LogP contribution < -0.4 is 21.4 Å². The number of ketones is 1. The lowest BCUT2D eigenvalue weighted by molar-refractivity contribution is 0.0156. The highest BCUT2D eigenvalue weighted by Gasteiger charge is 2.35. The molecule has 3 heterocycles. The topological polar surface area (TPSA) is 140 Å². The summed E-state index contributed by atoms with van der Waals surface area (Å²) in [7, 11) is 3.46. The van der Waals surface area contributed by atoms with E-state index in [4.69, 9.17) is 4.74 Å². The molecule has 0 bridgehead atoms. The number of anilines is 1. The highest BCUT2D eigenvalue weighted by molar-refractivity contribution is 7.17. The van der Waals surface area contributed by atoms with Gasteiger partial charge in [0, 0.05) is 32.7 Å². The second-order valence-corrected chi connectivity index (χ2v) is 9.12. The Morgan fingerprint density at radius 3 is 2.82 bits per heavy atom. The maximum absolute atomic E-state index is 13.5. The van der Waals surface area contributed by atoms with Gasteiger partial charge in [0.05, 0.1) is 38.9 Å². The van der Waals surface area contributed by atoms with Crippen LogP contribution in [0.25, 0.3) is 21.8 Å². The molecule has 176 valence electrons. The Kier molecular flexibility index (Phi) is 5.87. The van der Waals surface area contributed by atoms with E-state index < -0.39 is 12.3 Å². The van der Waals surface area contributed by atoms with E-state index in [1.807, 2.05) is 0 Å². The number of morpholine rings is 1. The van der Waals surface area contributed by atoms with Gasteiger partial charge in [0.25, 0.3) is 5.91 Å². The second-order valence-electron chi connectivity index (χ2n) is 8.04. The van der Waals surface area contributed by atoms with Crippen LogP contribution in [0.1, 0.15) is 25.6 Å². The van der Waals surface area contributed by atoms with Gasteiger partial charge in [0.1, 0.15) is 11.9 Å².